The SMILES string of the molecule is Cc1cc(CCc2c[nH]c3ccccc23)oc(=O)c1C(=O)N1CCCC1C1(O)CC1. The van der Waals surface area contributed by atoms with Crippen molar-refractivity contribution in [2.75, 3.05) is 6.54 Å². The molecule has 2 fully saturated rings. The Morgan fingerprint density at radius 2 is 2.10 bits per heavy atom. The maximum atomic E-state index is 13.1. The molecule has 1 atom stereocenters. The number of para-hydroxylation sites is 1. The number of hydrogen-bond acceptors (Lipinski definition) is 4. The summed E-state index contributed by atoms with van der Waals surface area (Å²) in [6, 6.07) is 9.73. The normalized spacial score (nSPS) is 20.1. The molecule has 1 saturated carbocycles. The summed E-state index contributed by atoms with van der Waals surface area (Å²) in [6.07, 6.45) is 6.40. The number of aromatic amines is 1. The molecule has 0 bridgehead atoms. The number of carbonyl (C=O) groups excluding carboxylic acids is 1. The lowest BCUT2D eigenvalue weighted by Gasteiger charge is -2.28. The monoisotopic (exact) mass is 406 g/mol. The molecule has 1 aliphatic carbocycles. The number of nitrogens with zero attached hydrogens (tertiary/aromatic N) is 1. The standard InChI is InChI=1S/C24H26N2O4/c1-15-13-17(9-8-16-14-25-19-6-3-2-5-18(16)19)30-23(28)21(15)22(27)26-12-4-7-20(26)24(29)10-11-24/h2-3,5-6,13-14,20,25,29H,4,7-12H2,1H3. The van der Waals surface area contributed by atoms with Crippen LogP contribution >= 0.6 is 0 Å². The van der Waals surface area contributed by atoms with Gasteiger partial charge in [0.2, 0.25) is 0 Å². The Bertz CT molecular complexity index is 1170. The molecule has 156 valence electrons. The number of aryl methyl sites for hydroxylation is 3. The third-order valence-corrected chi connectivity index (χ3v) is 6.63. The molecule has 6 heteroatoms. The Hall–Kier alpha value is -2.86. The quantitative estimate of drug-likeness (QED) is 0.680. The molecule has 5 rings (SSSR count). The molecule has 2 aromatic heterocycles. The Kier molecular flexibility index (Phi) is 4.54. The Morgan fingerprint density at radius 3 is 2.87 bits per heavy atom. The van der Waals surface area contributed by atoms with Crippen LogP contribution in [0.5, 0.6) is 0 Å². The molecule has 2 aliphatic rings. The van der Waals surface area contributed by atoms with Crippen LogP contribution in [0.25, 0.3) is 10.9 Å². The van der Waals surface area contributed by atoms with Crippen LogP contribution in [-0.4, -0.2) is 39.1 Å². The highest BCUT2D eigenvalue weighted by molar-refractivity contribution is 5.95. The summed E-state index contributed by atoms with van der Waals surface area (Å²) in [5.41, 5.74) is 1.65. The number of nitrogens with one attached hydrogen (secondary N) is 1. The van der Waals surface area contributed by atoms with Crippen LogP contribution in [0.3, 0.4) is 0 Å². The molecule has 6 nitrogen and oxygen atoms in total. The van der Waals surface area contributed by atoms with Crippen molar-refractivity contribution in [1.82, 2.24) is 9.88 Å². The van der Waals surface area contributed by atoms with Crippen LogP contribution in [-0.2, 0) is 12.8 Å². The fraction of sp³-hybridized carbons (Fsp3) is 0.417. The number of likely N-dealkylation sites (tertiary alicyclic amines) is 1. The second kappa shape index (κ2) is 7.13. The van der Waals surface area contributed by atoms with Gasteiger partial charge in [0, 0.05) is 30.1 Å². The molecular formula is C24H26N2O4. The van der Waals surface area contributed by atoms with E-state index < -0.39 is 11.2 Å². The summed E-state index contributed by atoms with van der Waals surface area (Å²) >= 11 is 0. The van der Waals surface area contributed by atoms with Gasteiger partial charge >= 0.3 is 5.63 Å². The number of H-pyrrole nitrogens is 1. The first-order valence-corrected chi connectivity index (χ1v) is 10.7. The number of benzene rings is 1. The Balaban J connectivity index is 1.36. The highest BCUT2D eigenvalue weighted by atomic mass is 16.4. The van der Waals surface area contributed by atoms with Gasteiger partial charge in [0.05, 0.1) is 11.6 Å². The summed E-state index contributed by atoms with van der Waals surface area (Å²) in [5, 5.41) is 11.7. The predicted octanol–water partition coefficient (Wildman–Crippen LogP) is 3.34. The fourth-order valence-electron chi connectivity index (χ4n) is 4.82. The van der Waals surface area contributed by atoms with Crippen LogP contribution in [0.4, 0.5) is 0 Å². The molecule has 30 heavy (non-hydrogen) atoms. The first kappa shape index (κ1) is 19.1. The van der Waals surface area contributed by atoms with Crippen molar-refractivity contribution in [3.63, 3.8) is 0 Å². The molecule has 1 aromatic carbocycles. The third kappa shape index (κ3) is 3.25. The number of aliphatic hydroxyl groups is 1. The lowest BCUT2D eigenvalue weighted by molar-refractivity contribution is 0.0382. The minimum Gasteiger partial charge on any atom is -0.427 e. The van der Waals surface area contributed by atoms with E-state index in [2.05, 4.69) is 11.1 Å². The van der Waals surface area contributed by atoms with Crippen molar-refractivity contribution in [3.05, 3.63) is 69.4 Å². The third-order valence-electron chi connectivity index (χ3n) is 6.63. The maximum Gasteiger partial charge on any atom is 0.349 e. The van der Waals surface area contributed by atoms with Gasteiger partial charge in [0.25, 0.3) is 5.91 Å². The molecule has 1 amide bonds. The zero-order chi connectivity index (χ0) is 20.9. The summed E-state index contributed by atoms with van der Waals surface area (Å²) in [6.45, 7) is 2.36. The van der Waals surface area contributed by atoms with E-state index in [1.54, 1.807) is 17.9 Å². The second-order valence-corrected chi connectivity index (χ2v) is 8.68. The molecule has 3 aromatic rings. The first-order valence-electron chi connectivity index (χ1n) is 10.7. The average molecular weight is 406 g/mol. The minimum absolute atomic E-state index is 0.0991. The molecular weight excluding hydrogens is 380 g/mol. The number of fused-ring (bicyclic) bond motifs is 1. The maximum absolute atomic E-state index is 13.1. The summed E-state index contributed by atoms with van der Waals surface area (Å²) < 4.78 is 5.54. The van der Waals surface area contributed by atoms with Crippen molar-refractivity contribution in [1.29, 1.82) is 0 Å². The summed E-state index contributed by atoms with van der Waals surface area (Å²) in [7, 11) is 0. The van der Waals surface area contributed by atoms with Crippen LogP contribution in [0, 0.1) is 6.92 Å². The summed E-state index contributed by atoms with van der Waals surface area (Å²) in [4.78, 5) is 30.8. The lowest BCUT2D eigenvalue weighted by atomic mass is 10.0. The summed E-state index contributed by atoms with van der Waals surface area (Å²) in [5.74, 6) is 0.269. The van der Waals surface area contributed by atoms with E-state index in [9.17, 15) is 14.7 Å². The van der Waals surface area contributed by atoms with Crippen molar-refractivity contribution in [2.24, 2.45) is 0 Å². The average Bonchev–Trinajstić information content (AvgIpc) is 3.15. The second-order valence-electron chi connectivity index (χ2n) is 8.68. The van der Waals surface area contributed by atoms with E-state index in [0.29, 0.717) is 24.3 Å². The van der Waals surface area contributed by atoms with E-state index in [0.717, 1.165) is 37.6 Å². The van der Waals surface area contributed by atoms with E-state index in [4.69, 9.17) is 4.42 Å². The van der Waals surface area contributed by atoms with E-state index >= 15 is 0 Å². The van der Waals surface area contributed by atoms with Gasteiger partial charge in [-0.1, -0.05) is 18.2 Å². The first-order chi connectivity index (χ1) is 14.5. The lowest BCUT2D eigenvalue weighted by Crippen LogP contribution is -2.45. The Morgan fingerprint density at radius 1 is 1.30 bits per heavy atom. The molecule has 0 radical (unpaired) electrons. The van der Waals surface area contributed by atoms with Crippen LogP contribution < -0.4 is 5.63 Å². The smallest absolute Gasteiger partial charge is 0.349 e. The number of hydrogen-bond donors (Lipinski definition) is 2. The number of carbonyl (C=O) groups is 1. The van der Waals surface area contributed by atoms with Gasteiger partial charge in [-0.05, 0) is 62.3 Å². The van der Waals surface area contributed by atoms with Gasteiger partial charge in [-0.3, -0.25) is 4.79 Å². The van der Waals surface area contributed by atoms with Gasteiger partial charge in [-0.25, -0.2) is 4.79 Å². The number of rotatable bonds is 5. The Labute approximate surface area is 174 Å². The van der Waals surface area contributed by atoms with Crippen LogP contribution in [0.15, 0.2) is 45.7 Å². The molecule has 1 saturated heterocycles. The van der Waals surface area contributed by atoms with Gasteiger partial charge in [0.1, 0.15) is 11.3 Å². The van der Waals surface area contributed by atoms with Crippen molar-refractivity contribution < 1.29 is 14.3 Å². The van der Waals surface area contributed by atoms with Gasteiger partial charge in [0.15, 0.2) is 0 Å². The van der Waals surface area contributed by atoms with E-state index in [-0.39, 0.29) is 17.5 Å². The molecule has 1 unspecified atom stereocenters. The minimum atomic E-state index is -0.764. The topological polar surface area (TPSA) is 86.5 Å². The fourth-order valence-corrected chi connectivity index (χ4v) is 4.82. The van der Waals surface area contributed by atoms with Crippen molar-refractivity contribution in [3.8, 4) is 0 Å². The molecule has 2 N–H and O–H groups in total. The van der Waals surface area contributed by atoms with Gasteiger partial charge < -0.3 is 19.4 Å². The van der Waals surface area contributed by atoms with Crippen molar-refractivity contribution >= 4 is 16.8 Å². The van der Waals surface area contributed by atoms with Gasteiger partial charge in [-0.15, -0.1) is 0 Å². The molecule has 0 spiro atoms. The highest BCUT2D eigenvalue weighted by Crippen LogP contribution is 2.44. The van der Waals surface area contributed by atoms with Crippen molar-refractivity contribution in [2.45, 2.75) is 57.1 Å². The van der Waals surface area contributed by atoms with Gasteiger partial charge in [-0.2, -0.15) is 0 Å². The highest BCUT2D eigenvalue weighted by Gasteiger charge is 2.53. The predicted molar refractivity (Wildman–Crippen MR) is 114 cm³/mol. The largest absolute Gasteiger partial charge is 0.427 e. The molecule has 3 heterocycles. The van der Waals surface area contributed by atoms with E-state index in [1.807, 2.05) is 24.4 Å². The zero-order valence-corrected chi connectivity index (χ0v) is 17.1. The van der Waals surface area contributed by atoms with Crippen LogP contribution in [0.2, 0.25) is 0 Å². The zero-order valence-electron chi connectivity index (χ0n) is 17.1. The van der Waals surface area contributed by atoms with E-state index in [1.165, 1.54) is 10.9 Å². The number of amides is 1. The molecule has 1 aliphatic heterocycles. The number of aromatic nitrogens is 1. The van der Waals surface area contributed by atoms with Crippen LogP contribution in [0.1, 0.15) is 52.9 Å².